The predicted octanol–water partition coefficient (Wildman–Crippen LogP) is -0.107. The van der Waals surface area contributed by atoms with Crippen LogP contribution in [0.15, 0.2) is 0 Å². The summed E-state index contributed by atoms with van der Waals surface area (Å²) < 4.78 is 28.7. The zero-order chi connectivity index (χ0) is 17.4. The van der Waals surface area contributed by atoms with E-state index in [9.17, 15) is 8.42 Å². The van der Waals surface area contributed by atoms with Crippen molar-refractivity contribution in [3.63, 3.8) is 0 Å². The number of rotatable bonds is 3. The van der Waals surface area contributed by atoms with Crippen LogP contribution in [0.1, 0.15) is 29.9 Å². The van der Waals surface area contributed by atoms with Gasteiger partial charge in [0.15, 0.2) is 0 Å². The monoisotopic (exact) mass is 366 g/mol. The molecule has 4 heterocycles. The minimum atomic E-state index is -3.30. The number of anilines is 1. The molecule has 0 atom stereocenters. The van der Waals surface area contributed by atoms with E-state index in [0.29, 0.717) is 39.3 Å². The lowest BCUT2D eigenvalue weighted by Crippen LogP contribution is -2.53. The summed E-state index contributed by atoms with van der Waals surface area (Å²) in [7, 11) is -3.30. The minimum Gasteiger partial charge on any atom is -0.354 e. The van der Waals surface area contributed by atoms with E-state index >= 15 is 0 Å². The van der Waals surface area contributed by atoms with Gasteiger partial charge in [0.2, 0.25) is 0 Å². The Kier molecular flexibility index (Phi) is 4.65. The highest BCUT2D eigenvalue weighted by Gasteiger charge is 2.34. The molecule has 3 aliphatic rings. The number of fused-ring (bicyclic) bond motifs is 1. The van der Waals surface area contributed by atoms with Crippen molar-refractivity contribution in [2.75, 3.05) is 50.7 Å². The first-order chi connectivity index (χ1) is 12.1. The second-order valence-electron chi connectivity index (χ2n) is 6.95. The zero-order valence-corrected chi connectivity index (χ0v) is 15.6. The van der Waals surface area contributed by atoms with Crippen LogP contribution in [0.2, 0.25) is 0 Å². The Labute approximate surface area is 149 Å². The average Bonchev–Trinajstić information content (AvgIpc) is 3.16. The summed E-state index contributed by atoms with van der Waals surface area (Å²) in [6.07, 6.45) is 2.87. The van der Waals surface area contributed by atoms with Crippen molar-refractivity contribution >= 4 is 16.0 Å². The van der Waals surface area contributed by atoms with Gasteiger partial charge in [0.25, 0.3) is 10.2 Å². The highest BCUT2D eigenvalue weighted by Crippen LogP contribution is 2.26. The molecule has 2 fully saturated rings. The summed E-state index contributed by atoms with van der Waals surface area (Å²) in [6, 6.07) is 0. The number of piperazine rings is 1. The van der Waals surface area contributed by atoms with E-state index in [2.05, 4.69) is 20.2 Å². The van der Waals surface area contributed by atoms with Crippen molar-refractivity contribution in [1.82, 2.24) is 23.9 Å². The molecule has 0 saturated carbocycles. The van der Waals surface area contributed by atoms with Crippen molar-refractivity contribution in [3.8, 4) is 0 Å². The van der Waals surface area contributed by atoms with Gasteiger partial charge in [0.05, 0.1) is 5.69 Å². The Morgan fingerprint density at radius 2 is 1.64 bits per heavy atom. The summed E-state index contributed by atoms with van der Waals surface area (Å²) in [4.78, 5) is 11.5. The summed E-state index contributed by atoms with van der Waals surface area (Å²) in [5, 5.41) is 3.35. The first-order valence-electron chi connectivity index (χ1n) is 9.13. The van der Waals surface area contributed by atoms with Crippen molar-refractivity contribution in [3.05, 3.63) is 17.1 Å². The number of hydrogen-bond donors (Lipinski definition) is 1. The highest BCUT2D eigenvalue weighted by molar-refractivity contribution is 7.86. The third kappa shape index (κ3) is 3.25. The summed E-state index contributed by atoms with van der Waals surface area (Å²) in [6.45, 7) is 7.39. The second-order valence-corrected chi connectivity index (χ2v) is 8.87. The largest absolute Gasteiger partial charge is 0.354 e. The molecule has 0 unspecified atom stereocenters. The molecule has 8 nitrogen and oxygen atoms in total. The first kappa shape index (κ1) is 17.1. The lowest BCUT2D eigenvalue weighted by atomic mass is 10.1. The van der Waals surface area contributed by atoms with Gasteiger partial charge in [-0.2, -0.15) is 17.0 Å². The SMILES string of the molecule is Cc1nc2c(c(N3CCN(S(=O)(=O)N4CCCC4)CC3)n1)CCNC2. The van der Waals surface area contributed by atoms with E-state index < -0.39 is 10.2 Å². The van der Waals surface area contributed by atoms with Gasteiger partial charge in [0, 0.05) is 51.4 Å². The van der Waals surface area contributed by atoms with Crippen LogP contribution in [0.4, 0.5) is 5.82 Å². The molecule has 1 N–H and O–H groups in total. The average molecular weight is 366 g/mol. The molecule has 3 aliphatic heterocycles. The van der Waals surface area contributed by atoms with Gasteiger partial charge in [-0.1, -0.05) is 0 Å². The van der Waals surface area contributed by atoms with Crippen molar-refractivity contribution in [2.45, 2.75) is 32.7 Å². The molecule has 25 heavy (non-hydrogen) atoms. The van der Waals surface area contributed by atoms with Crippen LogP contribution in [0.3, 0.4) is 0 Å². The lowest BCUT2D eigenvalue weighted by molar-refractivity contribution is 0.342. The molecule has 0 aromatic carbocycles. The molecule has 138 valence electrons. The van der Waals surface area contributed by atoms with Gasteiger partial charge in [0.1, 0.15) is 11.6 Å². The Morgan fingerprint density at radius 1 is 0.960 bits per heavy atom. The van der Waals surface area contributed by atoms with Crippen LogP contribution in [0.25, 0.3) is 0 Å². The molecule has 2 saturated heterocycles. The summed E-state index contributed by atoms with van der Waals surface area (Å²) in [5.41, 5.74) is 2.31. The fourth-order valence-electron chi connectivity index (χ4n) is 3.93. The topological polar surface area (TPSA) is 81.7 Å². The first-order valence-corrected chi connectivity index (χ1v) is 10.5. The maximum absolute atomic E-state index is 12.7. The van der Waals surface area contributed by atoms with E-state index in [-0.39, 0.29) is 0 Å². The van der Waals surface area contributed by atoms with Crippen molar-refractivity contribution < 1.29 is 8.42 Å². The Balaban J connectivity index is 1.50. The molecule has 9 heteroatoms. The maximum Gasteiger partial charge on any atom is 0.282 e. The molecule has 1 aromatic heterocycles. The Morgan fingerprint density at radius 3 is 2.36 bits per heavy atom. The predicted molar refractivity (Wildman–Crippen MR) is 95.7 cm³/mol. The Hall–Kier alpha value is -1.29. The zero-order valence-electron chi connectivity index (χ0n) is 14.7. The molecule has 0 aliphatic carbocycles. The van der Waals surface area contributed by atoms with Crippen LogP contribution >= 0.6 is 0 Å². The molecule has 0 spiro atoms. The third-order valence-corrected chi connectivity index (χ3v) is 7.32. The van der Waals surface area contributed by atoms with Crippen molar-refractivity contribution in [2.24, 2.45) is 0 Å². The van der Waals surface area contributed by atoms with Crippen LogP contribution in [0, 0.1) is 6.92 Å². The van der Waals surface area contributed by atoms with Gasteiger partial charge in [-0.15, -0.1) is 0 Å². The Bertz CT molecular complexity index is 739. The van der Waals surface area contributed by atoms with Gasteiger partial charge >= 0.3 is 0 Å². The number of nitrogens with one attached hydrogen (secondary N) is 1. The fourth-order valence-corrected chi connectivity index (χ4v) is 5.61. The lowest BCUT2D eigenvalue weighted by Gasteiger charge is -2.37. The number of aromatic nitrogens is 2. The molecular formula is C16H26N6O2S. The van der Waals surface area contributed by atoms with E-state index in [4.69, 9.17) is 0 Å². The van der Waals surface area contributed by atoms with E-state index in [1.165, 1.54) is 5.56 Å². The van der Waals surface area contributed by atoms with Gasteiger partial charge in [-0.3, -0.25) is 0 Å². The van der Waals surface area contributed by atoms with E-state index in [0.717, 1.165) is 49.7 Å². The molecular weight excluding hydrogens is 340 g/mol. The smallest absolute Gasteiger partial charge is 0.282 e. The molecule has 4 rings (SSSR count). The summed E-state index contributed by atoms with van der Waals surface area (Å²) >= 11 is 0. The normalized spacial score (nSPS) is 23.0. The van der Waals surface area contributed by atoms with Crippen molar-refractivity contribution in [1.29, 1.82) is 0 Å². The van der Waals surface area contributed by atoms with Gasteiger partial charge in [-0.05, 0) is 32.7 Å². The minimum absolute atomic E-state index is 0.523. The fraction of sp³-hybridized carbons (Fsp3) is 0.750. The van der Waals surface area contributed by atoms with Gasteiger partial charge < -0.3 is 10.2 Å². The molecule has 0 amide bonds. The molecule has 0 bridgehead atoms. The van der Waals surface area contributed by atoms with Crippen LogP contribution in [0.5, 0.6) is 0 Å². The maximum atomic E-state index is 12.7. The van der Waals surface area contributed by atoms with Gasteiger partial charge in [-0.25, -0.2) is 9.97 Å². The number of nitrogens with zero attached hydrogens (tertiary/aromatic N) is 5. The number of aryl methyl sites for hydroxylation is 1. The van der Waals surface area contributed by atoms with Crippen LogP contribution < -0.4 is 10.2 Å². The number of hydrogen-bond acceptors (Lipinski definition) is 6. The summed E-state index contributed by atoms with van der Waals surface area (Å²) in [5.74, 6) is 1.78. The highest BCUT2D eigenvalue weighted by atomic mass is 32.2. The third-order valence-electron chi connectivity index (χ3n) is 5.28. The quantitative estimate of drug-likeness (QED) is 0.804. The van der Waals surface area contributed by atoms with Crippen LogP contribution in [-0.4, -0.2) is 72.8 Å². The molecule has 0 radical (unpaired) electrons. The van der Waals surface area contributed by atoms with Crippen LogP contribution in [-0.2, 0) is 23.2 Å². The standard InChI is InChI=1S/C16H26N6O2S/c1-13-18-15-12-17-5-4-14(15)16(19-13)20-8-10-22(11-9-20)25(23,24)21-6-2-3-7-21/h17H,2-12H2,1H3. The molecule has 1 aromatic rings. The van der Waals surface area contributed by atoms with E-state index in [1.54, 1.807) is 8.61 Å². The second kappa shape index (κ2) is 6.79. The van der Waals surface area contributed by atoms with E-state index in [1.807, 2.05) is 6.92 Å².